The zero-order valence-corrected chi connectivity index (χ0v) is 14.3. The lowest BCUT2D eigenvalue weighted by atomic mass is 9.94. The van der Waals surface area contributed by atoms with Crippen LogP contribution >= 0.6 is 15.9 Å². The van der Waals surface area contributed by atoms with Gasteiger partial charge in [-0.15, -0.1) is 0 Å². The maximum atomic E-state index is 12.4. The minimum atomic E-state index is -0.971. The van der Waals surface area contributed by atoms with Crippen molar-refractivity contribution in [1.82, 2.24) is 14.9 Å². The zero-order chi connectivity index (χ0) is 17.2. The molecule has 7 nitrogen and oxygen atoms in total. The molecule has 0 bridgehead atoms. The van der Waals surface area contributed by atoms with Gasteiger partial charge in [-0.25, -0.2) is 4.98 Å². The monoisotopic (exact) mass is 393 g/mol. The van der Waals surface area contributed by atoms with Crippen LogP contribution in [0.5, 0.6) is 0 Å². The minimum absolute atomic E-state index is 0.174. The molecule has 0 radical (unpaired) electrons. The molecule has 0 aliphatic carbocycles. The van der Waals surface area contributed by atoms with E-state index in [9.17, 15) is 9.59 Å². The molecule has 1 aliphatic rings. The Hall–Kier alpha value is -2.19. The van der Waals surface area contributed by atoms with Crippen molar-refractivity contribution >= 4 is 27.8 Å². The van der Waals surface area contributed by atoms with Gasteiger partial charge in [0, 0.05) is 23.0 Å². The molecule has 1 unspecified atom stereocenters. The average molecular weight is 394 g/mol. The number of amides is 1. The number of carboxylic acids is 1. The number of carbonyl (C=O) groups is 2. The second-order valence-corrected chi connectivity index (χ2v) is 6.67. The summed E-state index contributed by atoms with van der Waals surface area (Å²) >= 11 is 3.37. The molecule has 3 rings (SSSR count). The molecule has 2 aromatic rings. The smallest absolute Gasteiger partial charge is 0.305 e. The maximum Gasteiger partial charge on any atom is 0.305 e. The quantitative estimate of drug-likeness (QED) is 0.809. The minimum Gasteiger partial charge on any atom is -0.481 e. The Morgan fingerprint density at radius 2 is 2.12 bits per heavy atom. The number of rotatable bonds is 5. The molecule has 1 aromatic carbocycles. The van der Waals surface area contributed by atoms with Crippen LogP contribution in [0.15, 0.2) is 41.3 Å². The predicted molar refractivity (Wildman–Crippen MR) is 89.2 cm³/mol. The first kappa shape index (κ1) is 16.7. The van der Waals surface area contributed by atoms with E-state index in [1.807, 2.05) is 24.3 Å². The Bertz CT molecular complexity index is 751. The fourth-order valence-corrected chi connectivity index (χ4v) is 2.94. The second-order valence-electron chi connectivity index (χ2n) is 5.75. The van der Waals surface area contributed by atoms with Gasteiger partial charge in [-0.2, -0.15) is 0 Å². The Labute approximate surface area is 146 Å². The van der Waals surface area contributed by atoms with E-state index in [1.54, 1.807) is 17.1 Å². The summed E-state index contributed by atoms with van der Waals surface area (Å²) in [5.74, 6) is -1.38. The summed E-state index contributed by atoms with van der Waals surface area (Å²) in [6.07, 6.45) is 3.46. The number of nitrogens with zero attached hydrogens (tertiary/aromatic N) is 2. The summed E-state index contributed by atoms with van der Waals surface area (Å²) in [6.45, 7) is 0.624. The van der Waals surface area contributed by atoms with E-state index in [0.29, 0.717) is 13.0 Å². The van der Waals surface area contributed by atoms with Crippen LogP contribution in [0, 0.1) is 0 Å². The number of nitrogens with one attached hydrogen (secondary N) is 1. The highest BCUT2D eigenvalue weighted by atomic mass is 79.9. The summed E-state index contributed by atoms with van der Waals surface area (Å²) in [6, 6.07) is 7.58. The van der Waals surface area contributed by atoms with Crippen LogP contribution in [0.2, 0.25) is 0 Å². The van der Waals surface area contributed by atoms with E-state index in [0.717, 1.165) is 10.2 Å². The van der Waals surface area contributed by atoms with E-state index >= 15 is 0 Å². The third-order valence-electron chi connectivity index (χ3n) is 3.91. The summed E-state index contributed by atoms with van der Waals surface area (Å²) in [5, 5.41) is 11.9. The van der Waals surface area contributed by atoms with Gasteiger partial charge in [0.25, 0.3) is 5.91 Å². The number of hydrogen-bond acceptors (Lipinski definition) is 4. The highest BCUT2D eigenvalue weighted by Crippen LogP contribution is 2.23. The van der Waals surface area contributed by atoms with Gasteiger partial charge in [-0.05, 0) is 30.7 Å². The van der Waals surface area contributed by atoms with E-state index in [2.05, 4.69) is 26.2 Å². The number of aromatic nitrogens is 2. The van der Waals surface area contributed by atoms with Crippen molar-refractivity contribution in [2.75, 3.05) is 13.2 Å². The van der Waals surface area contributed by atoms with Crippen LogP contribution in [0.4, 0.5) is 0 Å². The molecule has 0 spiro atoms. The average Bonchev–Trinajstić information content (AvgIpc) is 3.17. The maximum absolute atomic E-state index is 12.4. The number of halogens is 1. The lowest BCUT2D eigenvalue weighted by molar-refractivity contribution is -0.138. The first-order valence-corrected chi connectivity index (χ1v) is 8.19. The third kappa shape index (κ3) is 3.65. The van der Waals surface area contributed by atoms with Crippen molar-refractivity contribution in [1.29, 1.82) is 0 Å². The van der Waals surface area contributed by atoms with Crippen molar-refractivity contribution in [3.63, 3.8) is 0 Å². The number of carboxylic acid groups (broad SMARTS) is 1. The van der Waals surface area contributed by atoms with Crippen LogP contribution in [0.25, 0.3) is 5.69 Å². The normalized spacial score (nSPS) is 20.0. The van der Waals surface area contributed by atoms with Gasteiger partial charge in [0.2, 0.25) is 0 Å². The van der Waals surface area contributed by atoms with Gasteiger partial charge in [-0.1, -0.05) is 15.9 Å². The lowest BCUT2D eigenvalue weighted by Gasteiger charge is -2.26. The molecule has 126 valence electrons. The fourth-order valence-electron chi connectivity index (χ4n) is 2.68. The Morgan fingerprint density at radius 1 is 1.38 bits per heavy atom. The molecule has 1 aromatic heterocycles. The molecule has 1 saturated heterocycles. The van der Waals surface area contributed by atoms with Gasteiger partial charge in [0.15, 0.2) is 0 Å². The van der Waals surface area contributed by atoms with Crippen LogP contribution in [-0.4, -0.2) is 45.3 Å². The number of benzene rings is 1. The lowest BCUT2D eigenvalue weighted by Crippen LogP contribution is -2.50. The number of aliphatic carboxylic acids is 1. The van der Waals surface area contributed by atoms with Crippen molar-refractivity contribution in [2.45, 2.75) is 18.4 Å². The number of imidazole rings is 1. The Balaban J connectivity index is 1.75. The molecular weight excluding hydrogens is 378 g/mol. The first-order chi connectivity index (χ1) is 11.5. The van der Waals surface area contributed by atoms with Crippen molar-refractivity contribution < 1.29 is 19.4 Å². The van der Waals surface area contributed by atoms with E-state index in [4.69, 9.17) is 9.84 Å². The topological polar surface area (TPSA) is 93.5 Å². The molecule has 1 fully saturated rings. The third-order valence-corrected chi connectivity index (χ3v) is 4.44. The summed E-state index contributed by atoms with van der Waals surface area (Å²) < 4.78 is 7.97. The summed E-state index contributed by atoms with van der Waals surface area (Å²) in [4.78, 5) is 27.6. The molecule has 0 saturated carbocycles. The van der Waals surface area contributed by atoms with Crippen LogP contribution in [0.3, 0.4) is 0 Å². The molecule has 1 atom stereocenters. The van der Waals surface area contributed by atoms with E-state index in [-0.39, 0.29) is 18.7 Å². The highest BCUT2D eigenvalue weighted by Gasteiger charge is 2.39. The molecule has 1 amide bonds. The van der Waals surface area contributed by atoms with E-state index < -0.39 is 17.4 Å². The van der Waals surface area contributed by atoms with Gasteiger partial charge in [-0.3, -0.25) is 9.59 Å². The van der Waals surface area contributed by atoms with Crippen LogP contribution in [-0.2, 0) is 9.53 Å². The largest absolute Gasteiger partial charge is 0.481 e. The van der Waals surface area contributed by atoms with Crippen LogP contribution < -0.4 is 5.32 Å². The molecule has 8 heteroatoms. The number of hydrogen-bond donors (Lipinski definition) is 2. The van der Waals surface area contributed by atoms with Gasteiger partial charge in [0.05, 0.1) is 18.6 Å². The molecule has 1 aliphatic heterocycles. The number of ether oxygens (including phenoxy) is 1. The van der Waals surface area contributed by atoms with Gasteiger partial charge >= 0.3 is 5.97 Å². The van der Waals surface area contributed by atoms with Gasteiger partial charge < -0.3 is 19.7 Å². The van der Waals surface area contributed by atoms with Crippen molar-refractivity contribution in [3.8, 4) is 5.69 Å². The van der Waals surface area contributed by atoms with Gasteiger partial charge in [0.1, 0.15) is 12.0 Å². The van der Waals surface area contributed by atoms with E-state index in [1.165, 1.54) is 0 Å². The Kier molecular flexibility index (Phi) is 4.68. The van der Waals surface area contributed by atoms with Crippen molar-refractivity contribution in [2.24, 2.45) is 0 Å². The second kappa shape index (κ2) is 6.74. The predicted octanol–water partition coefficient (Wildman–Crippen LogP) is 2.00. The molecule has 2 N–H and O–H groups in total. The summed E-state index contributed by atoms with van der Waals surface area (Å²) in [7, 11) is 0. The zero-order valence-electron chi connectivity index (χ0n) is 12.7. The van der Waals surface area contributed by atoms with Crippen LogP contribution in [0.1, 0.15) is 23.3 Å². The van der Waals surface area contributed by atoms with Crippen molar-refractivity contribution in [3.05, 3.63) is 47.0 Å². The highest BCUT2D eigenvalue weighted by molar-refractivity contribution is 9.10. The standard InChI is InChI=1S/C16H16BrN3O4/c17-11-1-3-12(4-2-11)20-8-13(18-10-20)15(23)19-16(7-14(21)22)5-6-24-9-16/h1-4,8,10H,5-7,9H2,(H,19,23)(H,21,22). The molecular formula is C16H16BrN3O4. The Morgan fingerprint density at radius 3 is 2.75 bits per heavy atom. The fraction of sp³-hybridized carbons (Fsp3) is 0.312. The molecule has 24 heavy (non-hydrogen) atoms. The molecule has 2 heterocycles. The number of carbonyl (C=O) groups excluding carboxylic acids is 1. The SMILES string of the molecule is O=C(O)CC1(NC(=O)c2cn(-c3ccc(Br)cc3)cn2)CCOC1. The summed E-state index contributed by atoms with van der Waals surface area (Å²) in [5.41, 5.74) is 0.230. The first-order valence-electron chi connectivity index (χ1n) is 7.39.